The van der Waals surface area contributed by atoms with E-state index in [1.807, 2.05) is 16.9 Å². The minimum absolute atomic E-state index is 0. The van der Waals surface area contributed by atoms with Gasteiger partial charge in [0.1, 0.15) is 5.69 Å². The molecule has 0 saturated carbocycles. The van der Waals surface area contributed by atoms with Crippen molar-refractivity contribution >= 4 is 18.3 Å². The molecule has 2 aliphatic rings. The molecule has 1 aromatic heterocycles. The minimum atomic E-state index is -0.0338. The molecule has 2 fully saturated rings. The van der Waals surface area contributed by atoms with E-state index in [0.29, 0.717) is 17.7 Å². The molecule has 0 aromatic carbocycles. The Labute approximate surface area is 157 Å². The predicted molar refractivity (Wildman–Crippen MR) is 102 cm³/mol. The quantitative estimate of drug-likeness (QED) is 0.806. The van der Waals surface area contributed by atoms with E-state index in [9.17, 15) is 4.79 Å². The lowest BCUT2D eigenvalue weighted by molar-refractivity contribution is 0.0930. The molecular formula is C18H32ClN5O. The topological polar surface area (TPSA) is 62.2 Å². The Bertz CT molecular complexity index is 521. The Morgan fingerprint density at radius 3 is 2.84 bits per heavy atom. The number of rotatable bonds is 6. The van der Waals surface area contributed by atoms with Gasteiger partial charge in [0.2, 0.25) is 0 Å². The van der Waals surface area contributed by atoms with Gasteiger partial charge in [-0.1, -0.05) is 6.92 Å². The zero-order valence-electron chi connectivity index (χ0n) is 15.2. The summed E-state index contributed by atoms with van der Waals surface area (Å²) in [5.41, 5.74) is 0.545. The zero-order chi connectivity index (χ0) is 16.8. The summed E-state index contributed by atoms with van der Waals surface area (Å²) in [4.78, 5) is 14.9. The number of nitrogens with zero attached hydrogens (tertiary/aromatic N) is 3. The fourth-order valence-electron chi connectivity index (χ4n) is 3.78. The molecule has 2 N–H and O–H groups in total. The summed E-state index contributed by atoms with van der Waals surface area (Å²) in [6.45, 7) is 8.56. The summed E-state index contributed by atoms with van der Waals surface area (Å²) in [6.07, 6.45) is 7.83. The Kier molecular flexibility index (Phi) is 8.19. The van der Waals surface area contributed by atoms with Gasteiger partial charge < -0.3 is 15.5 Å². The van der Waals surface area contributed by atoms with Gasteiger partial charge in [-0.25, -0.2) is 0 Å². The number of hydrogen-bond donors (Lipinski definition) is 2. The molecule has 6 nitrogen and oxygen atoms in total. The summed E-state index contributed by atoms with van der Waals surface area (Å²) >= 11 is 0. The van der Waals surface area contributed by atoms with Crippen LogP contribution in [0, 0.1) is 5.92 Å². The summed E-state index contributed by atoms with van der Waals surface area (Å²) in [5.74, 6) is 0.570. The van der Waals surface area contributed by atoms with Gasteiger partial charge in [-0.2, -0.15) is 5.10 Å². The zero-order valence-corrected chi connectivity index (χ0v) is 16.1. The molecule has 0 spiro atoms. The van der Waals surface area contributed by atoms with Crippen molar-refractivity contribution in [1.82, 2.24) is 25.3 Å². The van der Waals surface area contributed by atoms with Gasteiger partial charge in [0.15, 0.2) is 0 Å². The van der Waals surface area contributed by atoms with E-state index in [0.717, 1.165) is 39.1 Å². The lowest BCUT2D eigenvalue weighted by atomic mass is 9.96. The molecule has 3 rings (SSSR count). The van der Waals surface area contributed by atoms with E-state index >= 15 is 0 Å². The molecule has 142 valence electrons. The predicted octanol–water partition coefficient (Wildman–Crippen LogP) is 2.08. The third-order valence-corrected chi connectivity index (χ3v) is 5.28. The number of carbonyl (C=O) groups is 1. The van der Waals surface area contributed by atoms with E-state index in [1.165, 1.54) is 32.2 Å². The van der Waals surface area contributed by atoms with E-state index in [1.54, 1.807) is 0 Å². The number of piperidine rings is 2. The van der Waals surface area contributed by atoms with E-state index in [-0.39, 0.29) is 18.3 Å². The molecule has 1 amide bonds. The smallest absolute Gasteiger partial charge is 0.271 e. The first-order valence-corrected chi connectivity index (χ1v) is 9.52. The summed E-state index contributed by atoms with van der Waals surface area (Å²) in [5, 5.41) is 11.0. The van der Waals surface area contributed by atoms with Crippen molar-refractivity contribution in [3.63, 3.8) is 0 Å². The second-order valence-electron chi connectivity index (χ2n) is 7.18. The Balaban J connectivity index is 0.00000225. The standard InChI is InChI=1S/C18H31N5O.ClH/c1-2-9-22-10-5-15(6-11-22)13-20-18(24)17-7-12-23(21-17)16-4-3-8-19-14-16;/h7,12,15-16,19H,2-6,8-11,13-14H2,1H3,(H,20,24);1H. The maximum Gasteiger partial charge on any atom is 0.271 e. The average molecular weight is 370 g/mol. The van der Waals surface area contributed by atoms with Gasteiger partial charge in [0, 0.05) is 19.3 Å². The summed E-state index contributed by atoms with van der Waals surface area (Å²) < 4.78 is 1.95. The van der Waals surface area contributed by atoms with Crippen molar-refractivity contribution in [2.45, 2.75) is 45.1 Å². The first kappa shape index (κ1) is 20.2. The third-order valence-electron chi connectivity index (χ3n) is 5.28. The largest absolute Gasteiger partial charge is 0.350 e. The van der Waals surface area contributed by atoms with Crippen LogP contribution >= 0.6 is 12.4 Å². The maximum atomic E-state index is 12.3. The van der Waals surface area contributed by atoms with Crippen molar-refractivity contribution in [3.8, 4) is 0 Å². The molecule has 7 heteroatoms. The Morgan fingerprint density at radius 1 is 1.36 bits per heavy atom. The van der Waals surface area contributed by atoms with Crippen molar-refractivity contribution in [2.24, 2.45) is 5.92 Å². The van der Waals surface area contributed by atoms with Crippen molar-refractivity contribution in [1.29, 1.82) is 0 Å². The number of likely N-dealkylation sites (tertiary alicyclic amines) is 1. The highest BCUT2D eigenvalue weighted by Gasteiger charge is 2.21. The Morgan fingerprint density at radius 2 is 2.16 bits per heavy atom. The van der Waals surface area contributed by atoms with Crippen LogP contribution in [-0.4, -0.2) is 59.9 Å². The summed E-state index contributed by atoms with van der Waals surface area (Å²) in [7, 11) is 0. The number of halogens is 1. The molecule has 0 bridgehead atoms. The molecule has 1 unspecified atom stereocenters. The van der Waals surface area contributed by atoms with Crippen molar-refractivity contribution in [3.05, 3.63) is 18.0 Å². The summed E-state index contributed by atoms with van der Waals surface area (Å²) in [6, 6.07) is 2.22. The van der Waals surface area contributed by atoms with Gasteiger partial charge in [-0.15, -0.1) is 12.4 Å². The number of nitrogens with one attached hydrogen (secondary N) is 2. The maximum absolute atomic E-state index is 12.3. The lowest BCUT2D eigenvalue weighted by Crippen LogP contribution is -2.39. The molecule has 1 aromatic rings. The lowest BCUT2D eigenvalue weighted by Gasteiger charge is -2.31. The highest BCUT2D eigenvalue weighted by molar-refractivity contribution is 5.92. The molecule has 2 aliphatic heterocycles. The van der Waals surface area contributed by atoms with Gasteiger partial charge in [-0.3, -0.25) is 9.48 Å². The molecule has 1 atom stereocenters. The molecule has 3 heterocycles. The highest BCUT2D eigenvalue weighted by Crippen LogP contribution is 2.17. The van der Waals surface area contributed by atoms with Crippen LogP contribution in [-0.2, 0) is 0 Å². The fourth-order valence-corrected chi connectivity index (χ4v) is 3.78. The monoisotopic (exact) mass is 369 g/mol. The van der Waals surface area contributed by atoms with E-state index < -0.39 is 0 Å². The SMILES string of the molecule is CCCN1CCC(CNC(=O)c2ccn(C3CCCNC3)n2)CC1.Cl. The highest BCUT2D eigenvalue weighted by atomic mass is 35.5. The van der Waals surface area contributed by atoms with Crippen LogP contribution < -0.4 is 10.6 Å². The Hall–Kier alpha value is -1.11. The van der Waals surface area contributed by atoms with Crippen LogP contribution in [0.3, 0.4) is 0 Å². The first-order chi connectivity index (χ1) is 11.8. The van der Waals surface area contributed by atoms with Crippen LogP contribution in [0.2, 0.25) is 0 Å². The number of carbonyl (C=O) groups excluding carboxylic acids is 1. The molecule has 25 heavy (non-hydrogen) atoms. The second kappa shape index (κ2) is 10.1. The van der Waals surface area contributed by atoms with Crippen molar-refractivity contribution in [2.75, 3.05) is 39.3 Å². The minimum Gasteiger partial charge on any atom is -0.350 e. The van der Waals surface area contributed by atoms with Crippen molar-refractivity contribution < 1.29 is 4.79 Å². The molecule has 0 aliphatic carbocycles. The van der Waals surface area contributed by atoms with E-state index in [2.05, 4.69) is 27.6 Å². The van der Waals surface area contributed by atoms with Gasteiger partial charge in [-0.05, 0) is 70.3 Å². The molecule has 2 saturated heterocycles. The number of hydrogen-bond acceptors (Lipinski definition) is 4. The van der Waals surface area contributed by atoms with Crippen LogP contribution in [0.1, 0.15) is 55.6 Å². The number of amides is 1. The average Bonchev–Trinajstić information content (AvgIpc) is 3.12. The van der Waals surface area contributed by atoms with Crippen LogP contribution in [0.25, 0.3) is 0 Å². The van der Waals surface area contributed by atoms with E-state index in [4.69, 9.17) is 0 Å². The van der Waals surface area contributed by atoms with Gasteiger partial charge in [0.25, 0.3) is 5.91 Å². The third kappa shape index (κ3) is 5.69. The first-order valence-electron chi connectivity index (χ1n) is 9.52. The second-order valence-corrected chi connectivity index (χ2v) is 7.18. The molecular weight excluding hydrogens is 338 g/mol. The van der Waals surface area contributed by atoms with Crippen LogP contribution in [0.5, 0.6) is 0 Å². The normalized spacial score (nSPS) is 22.4. The van der Waals surface area contributed by atoms with Crippen LogP contribution in [0.15, 0.2) is 12.3 Å². The fraction of sp³-hybridized carbons (Fsp3) is 0.778. The number of aromatic nitrogens is 2. The van der Waals surface area contributed by atoms with Gasteiger partial charge in [0.05, 0.1) is 6.04 Å². The molecule has 0 radical (unpaired) electrons. The van der Waals surface area contributed by atoms with Gasteiger partial charge >= 0.3 is 0 Å². The van der Waals surface area contributed by atoms with Crippen LogP contribution in [0.4, 0.5) is 0 Å².